The number of quaternary nitrogens is 1. The molecule has 3 aromatic rings. The zero-order chi connectivity index (χ0) is 28.8. The molecule has 0 aliphatic carbocycles. The summed E-state index contributed by atoms with van der Waals surface area (Å²) in [5.74, 6) is -0.153. The predicted molar refractivity (Wildman–Crippen MR) is 154 cm³/mol. The third-order valence-corrected chi connectivity index (χ3v) is 6.63. The molecule has 0 aliphatic heterocycles. The smallest absolute Gasteiger partial charge is 0.365 e. The summed E-state index contributed by atoms with van der Waals surface area (Å²) in [7, 11) is 6.09. The summed E-state index contributed by atoms with van der Waals surface area (Å²) in [6, 6.07) is 22.1. The van der Waals surface area contributed by atoms with Gasteiger partial charge in [-0.15, -0.1) is 0 Å². The fourth-order valence-electron chi connectivity index (χ4n) is 4.27. The number of nitrogens with zero attached hydrogens (tertiary/aromatic N) is 1. The summed E-state index contributed by atoms with van der Waals surface area (Å²) < 4.78 is 30.5. The van der Waals surface area contributed by atoms with E-state index in [1.807, 2.05) is 51.5 Å². The zero-order valence-electron chi connectivity index (χ0n) is 24.2. The van der Waals surface area contributed by atoms with Crippen molar-refractivity contribution >= 4 is 11.9 Å². The minimum atomic E-state index is -0.609. The summed E-state index contributed by atoms with van der Waals surface area (Å²) in [5.41, 5.74) is 1.30. The monoisotopic (exact) mass is 677 g/mol. The first kappa shape index (κ1) is 34.2. The molecular formula is C33H41FINO5. The Morgan fingerprint density at radius 1 is 0.756 bits per heavy atom. The van der Waals surface area contributed by atoms with Crippen LogP contribution in [0.3, 0.4) is 0 Å². The molecule has 222 valence electrons. The zero-order valence-corrected chi connectivity index (χ0v) is 26.3. The lowest BCUT2D eigenvalue weighted by Gasteiger charge is -2.32. The Labute approximate surface area is 260 Å². The molecule has 0 bridgehead atoms. The van der Waals surface area contributed by atoms with Crippen LogP contribution in [-0.4, -0.2) is 56.8 Å². The highest BCUT2D eigenvalue weighted by molar-refractivity contribution is 5.91. The summed E-state index contributed by atoms with van der Waals surface area (Å²) in [6.45, 7) is 1.06. The van der Waals surface area contributed by atoms with Crippen LogP contribution in [0.15, 0.2) is 78.9 Å². The van der Waals surface area contributed by atoms with Crippen LogP contribution in [0.1, 0.15) is 54.4 Å². The van der Waals surface area contributed by atoms with Crippen molar-refractivity contribution < 1.29 is 56.6 Å². The van der Waals surface area contributed by atoms with Gasteiger partial charge in [0, 0.05) is 6.42 Å². The second kappa shape index (κ2) is 17.7. The molecule has 0 amide bonds. The Hall–Kier alpha value is -2.98. The molecule has 0 saturated carbocycles. The Bertz CT molecular complexity index is 1200. The maximum atomic E-state index is 13.3. The molecular weight excluding hydrogens is 636 g/mol. The van der Waals surface area contributed by atoms with E-state index < -0.39 is 11.8 Å². The van der Waals surface area contributed by atoms with E-state index in [4.69, 9.17) is 14.2 Å². The van der Waals surface area contributed by atoms with Crippen LogP contribution in [0.2, 0.25) is 0 Å². The number of likely N-dealkylation sites (N-methyl/N-ethyl adjacent to an activating group) is 1. The molecule has 8 heteroatoms. The van der Waals surface area contributed by atoms with Crippen molar-refractivity contribution in [1.29, 1.82) is 0 Å². The second-order valence-electron chi connectivity index (χ2n) is 10.8. The fourth-order valence-corrected chi connectivity index (χ4v) is 4.27. The third-order valence-electron chi connectivity index (χ3n) is 6.63. The molecule has 0 aliphatic rings. The third kappa shape index (κ3) is 12.6. The van der Waals surface area contributed by atoms with E-state index in [1.54, 1.807) is 24.3 Å². The normalized spacial score (nSPS) is 11.7. The number of carbonyl (C=O) groups is 2. The summed E-state index contributed by atoms with van der Waals surface area (Å²) in [4.78, 5) is 24.9. The number of ether oxygens (including phenoxy) is 3. The highest BCUT2D eigenvalue weighted by atomic mass is 127. The number of hydrogen-bond acceptors (Lipinski definition) is 5. The fraction of sp³-hybridized carbons (Fsp3) is 0.394. The number of unbranched alkanes of at least 4 members (excludes halogenated alkanes) is 5. The van der Waals surface area contributed by atoms with Crippen LogP contribution in [0.5, 0.6) is 11.5 Å². The van der Waals surface area contributed by atoms with Gasteiger partial charge in [-0.05, 0) is 60.9 Å². The van der Waals surface area contributed by atoms with E-state index in [-0.39, 0.29) is 41.6 Å². The topological polar surface area (TPSA) is 61.8 Å². The molecule has 0 saturated heterocycles. The minimum Gasteiger partial charge on any atom is -1.00 e. The highest BCUT2D eigenvalue weighted by Crippen LogP contribution is 2.20. The average Bonchev–Trinajstić information content (AvgIpc) is 2.93. The SMILES string of the molecule is C[N+](C)(C)C(Cc1ccccc1)C(=O)OCCCCCCCCOc1ccc(OC(=O)c2cccc(F)c2)cc1.[I-]. The Morgan fingerprint density at radius 2 is 1.37 bits per heavy atom. The average molecular weight is 678 g/mol. The molecule has 3 aromatic carbocycles. The van der Waals surface area contributed by atoms with Crippen molar-refractivity contribution in [1.82, 2.24) is 0 Å². The van der Waals surface area contributed by atoms with Crippen LogP contribution in [0, 0.1) is 5.82 Å². The Morgan fingerprint density at radius 3 is 2.00 bits per heavy atom. The van der Waals surface area contributed by atoms with Gasteiger partial charge in [-0.1, -0.05) is 62.1 Å². The van der Waals surface area contributed by atoms with E-state index in [2.05, 4.69) is 0 Å². The summed E-state index contributed by atoms with van der Waals surface area (Å²) in [6.07, 6.45) is 6.75. The van der Waals surface area contributed by atoms with Gasteiger partial charge >= 0.3 is 11.9 Å². The molecule has 0 radical (unpaired) electrons. The summed E-state index contributed by atoms with van der Waals surface area (Å²) in [5, 5.41) is 0. The van der Waals surface area contributed by atoms with Crippen LogP contribution >= 0.6 is 0 Å². The number of esters is 2. The van der Waals surface area contributed by atoms with Gasteiger partial charge in [0.1, 0.15) is 17.3 Å². The number of carbonyl (C=O) groups excluding carboxylic acids is 2. The van der Waals surface area contributed by atoms with Crippen molar-refractivity contribution in [3.63, 3.8) is 0 Å². The van der Waals surface area contributed by atoms with Crippen molar-refractivity contribution in [3.05, 3.63) is 95.8 Å². The highest BCUT2D eigenvalue weighted by Gasteiger charge is 2.33. The first-order chi connectivity index (χ1) is 19.2. The lowest BCUT2D eigenvalue weighted by Crippen LogP contribution is -3.00. The van der Waals surface area contributed by atoms with Crippen molar-refractivity contribution in [2.75, 3.05) is 34.4 Å². The molecule has 3 rings (SSSR count). The number of halogens is 2. The molecule has 0 aromatic heterocycles. The molecule has 0 heterocycles. The maximum absolute atomic E-state index is 13.3. The second-order valence-corrected chi connectivity index (χ2v) is 10.8. The lowest BCUT2D eigenvalue weighted by atomic mass is 10.0. The van der Waals surface area contributed by atoms with Gasteiger partial charge < -0.3 is 42.7 Å². The largest absolute Gasteiger partial charge is 1.00 e. The van der Waals surface area contributed by atoms with Gasteiger partial charge in [0.25, 0.3) is 0 Å². The number of hydrogen-bond donors (Lipinski definition) is 0. The van der Waals surface area contributed by atoms with Crippen LogP contribution in [-0.2, 0) is 16.0 Å². The van der Waals surface area contributed by atoms with Gasteiger partial charge in [-0.25, -0.2) is 14.0 Å². The number of benzene rings is 3. The molecule has 6 nitrogen and oxygen atoms in total. The molecule has 0 N–H and O–H groups in total. The number of rotatable bonds is 16. The van der Waals surface area contributed by atoms with E-state index >= 15 is 0 Å². The van der Waals surface area contributed by atoms with Crippen LogP contribution in [0.25, 0.3) is 0 Å². The predicted octanol–water partition coefficient (Wildman–Crippen LogP) is 3.63. The van der Waals surface area contributed by atoms with Gasteiger partial charge in [-0.2, -0.15) is 0 Å². The van der Waals surface area contributed by atoms with Gasteiger partial charge in [0.2, 0.25) is 0 Å². The molecule has 1 unspecified atom stereocenters. The van der Waals surface area contributed by atoms with E-state index in [9.17, 15) is 14.0 Å². The first-order valence-electron chi connectivity index (χ1n) is 13.9. The van der Waals surface area contributed by atoms with Crippen molar-refractivity contribution in [2.45, 2.75) is 51.0 Å². The lowest BCUT2D eigenvalue weighted by molar-refractivity contribution is -0.887. The van der Waals surface area contributed by atoms with Crippen LogP contribution in [0.4, 0.5) is 4.39 Å². The van der Waals surface area contributed by atoms with Gasteiger partial charge in [-0.3, -0.25) is 0 Å². The quantitative estimate of drug-likeness (QED) is 0.0763. The van der Waals surface area contributed by atoms with E-state index in [1.165, 1.54) is 18.2 Å². The maximum Gasteiger partial charge on any atom is 0.365 e. The summed E-state index contributed by atoms with van der Waals surface area (Å²) >= 11 is 0. The first-order valence-corrected chi connectivity index (χ1v) is 13.9. The minimum absolute atomic E-state index is 0. The van der Waals surface area contributed by atoms with Crippen LogP contribution < -0.4 is 33.5 Å². The van der Waals surface area contributed by atoms with Crippen molar-refractivity contribution in [2.24, 2.45) is 0 Å². The van der Waals surface area contributed by atoms with E-state index in [0.29, 0.717) is 35.6 Å². The van der Waals surface area contributed by atoms with Gasteiger partial charge in [0.05, 0.1) is 39.9 Å². The standard InChI is InChI=1S/C33H41FNO5.HI/c1-35(2,3)31(24-26-14-9-8-10-15-26)33(37)39-23-12-7-5-4-6-11-22-38-29-18-20-30(21-19-29)40-32(36)27-16-13-17-28(34)25-27;/h8-10,13-21,25,31H,4-7,11-12,22-24H2,1-3H3;1H/q+1;/p-1. The molecule has 0 fully saturated rings. The van der Waals surface area contributed by atoms with Crippen molar-refractivity contribution in [3.8, 4) is 11.5 Å². The Kier molecular flexibility index (Phi) is 14.8. The molecule has 0 spiro atoms. The molecule has 1 atom stereocenters. The van der Waals surface area contributed by atoms with Gasteiger partial charge in [0.15, 0.2) is 6.04 Å². The Balaban J connectivity index is 0.00000588. The van der Waals surface area contributed by atoms with E-state index in [0.717, 1.165) is 50.2 Å². The molecule has 41 heavy (non-hydrogen) atoms.